The molecule has 196 valence electrons. The topological polar surface area (TPSA) is 183 Å². The zero-order valence-electron chi connectivity index (χ0n) is 20.4. The molecule has 12 heteroatoms. The minimum atomic E-state index is -4.04. The maximum Gasteiger partial charge on any atom is 0.321 e. The molecule has 1 fully saturated rings. The number of piperidine rings is 1. The van der Waals surface area contributed by atoms with Gasteiger partial charge in [0.1, 0.15) is 17.2 Å². The first-order valence-corrected chi connectivity index (χ1v) is 13.6. The molecule has 0 radical (unpaired) electrons. The number of carboxylic acid groups (broad SMARTS) is 1. The van der Waals surface area contributed by atoms with Crippen molar-refractivity contribution in [3.8, 4) is 0 Å². The Bertz CT molecular complexity index is 1030. The zero-order valence-corrected chi connectivity index (χ0v) is 21.2. The fourth-order valence-electron chi connectivity index (χ4n) is 4.90. The molecular weight excluding hydrogens is 472 g/mol. The average Bonchev–Trinajstić information content (AvgIpc) is 2.79. The van der Waals surface area contributed by atoms with Gasteiger partial charge >= 0.3 is 5.97 Å². The van der Waals surface area contributed by atoms with Crippen LogP contribution in [0.4, 0.5) is 5.69 Å². The van der Waals surface area contributed by atoms with Gasteiger partial charge in [0, 0.05) is 19.6 Å². The lowest BCUT2D eigenvalue weighted by Gasteiger charge is -2.41. The average molecular weight is 511 g/mol. The predicted molar refractivity (Wildman–Crippen MR) is 134 cm³/mol. The molecule has 2 heterocycles. The first-order chi connectivity index (χ1) is 16.5. The molecule has 35 heavy (non-hydrogen) atoms. The lowest BCUT2D eigenvalue weighted by Crippen LogP contribution is -2.59. The van der Waals surface area contributed by atoms with Crippen LogP contribution in [0.2, 0.25) is 0 Å². The minimum absolute atomic E-state index is 0.0742. The van der Waals surface area contributed by atoms with Gasteiger partial charge in [0.05, 0.1) is 11.7 Å². The molecule has 1 aromatic rings. The van der Waals surface area contributed by atoms with Gasteiger partial charge in [0.2, 0.25) is 10.0 Å². The van der Waals surface area contributed by atoms with Crippen molar-refractivity contribution >= 4 is 27.6 Å². The van der Waals surface area contributed by atoms with E-state index >= 15 is 0 Å². The zero-order chi connectivity index (χ0) is 25.8. The van der Waals surface area contributed by atoms with E-state index in [4.69, 9.17) is 11.5 Å². The Hall–Kier alpha value is -2.41. The minimum Gasteiger partial charge on any atom is -0.480 e. The van der Waals surface area contributed by atoms with E-state index in [1.165, 1.54) is 11.0 Å². The summed E-state index contributed by atoms with van der Waals surface area (Å²) in [6.07, 6.45) is 1.14. The number of para-hydroxylation sites is 1. The number of aliphatic hydroxyl groups excluding tert-OH is 1. The second kappa shape index (κ2) is 11.5. The summed E-state index contributed by atoms with van der Waals surface area (Å²) in [6.45, 7) is 5.34. The van der Waals surface area contributed by atoms with Crippen LogP contribution in [0, 0.1) is 11.8 Å². The molecule has 0 spiro atoms. The highest BCUT2D eigenvalue weighted by atomic mass is 32.2. The molecule has 1 saturated heterocycles. The van der Waals surface area contributed by atoms with Crippen molar-refractivity contribution in [2.75, 3.05) is 25.0 Å². The van der Waals surface area contributed by atoms with Crippen molar-refractivity contribution in [3.63, 3.8) is 0 Å². The standard InChI is InChI=1S/C23H38N6O5S/c1-14-8-10-29(18(12-14)22(31)32)21(30)17(6-4-9-26-23(24)25)28-35(33,34)19-7-3-5-16-11-15(2)13-27-20(16)19/h3,5,7,14-15,17-18,21,27-28,30H,4,6,8-13H2,1-2H3,(H,31,32)(H4,24,25,26). The quantitative estimate of drug-likeness (QED) is 0.148. The Kier molecular flexibility index (Phi) is 8.97. The summed E-state index contributed by atoms with van der Waals surface area (Å²) < 4.78 is 29.7. The maximum absolute atomic E-state index is 13.5. The van der Waals surface area contributed by atoms with Crippen molar-refractivity contribution in [2.45, 2.75) is 69.2 Å². The number of aliphatic imine (C=N–C) groups is 1. The number of anilines is 1. The van der Waals surface area contributed by atoms with E-state index < -0.39 is 34.3 Å². The highest BCUT2D eigenvalue weighted by molar-refractivity contribution is 7.89. The number of aliphatic carboxylic acids is 1. The Labute approximate surface area is 207 Å². The summed E-state index contributed by atoms with van der Waals surface area (Å²) in [5, 5.41) is 24.2. The molecule has 5 atom stereocenters. The molecule has 0 bridgehead atoms. The van der Waals surface area contributed by atoms with Crippen LogP contribution < -0.4 is 21.5 Å². The number of carbonyl (C=O) groups is 1. The molecule has 0 saturated carbocycles. The Morgan fingerprint density at radius 2 is 2.06 bits per heavy atom. The van der Waals surface area contributed by atoms with Gasteiger partial charge in [0.25, 0.3) is 0 Å². The van der Waals surface area contributed by atoms with E-state index in [0.717, 1.165) is 12.0 Å². The van der Waals surface area contributed by atoms with Crippen LogP contribution >= 0.6 is 0 Å². The number of likely N-dealkylation sites (tertiary alicyclic amines) is 1. The van der Waals surface area contributed by atoms with Gasteiger partial charge in [-0.05, 0) is 55.6 Å². The number of rotatable bonds is 10. The first kappa shape index (κ1) is 27.2. The highest BCUT2D eigenvalue weighted by Crippen LogP contribution is 2.32. The van der Waals surface area contributed by atoms with Crippen LogP contribution in [0.15, 0.2) is 28.1 Å². The number of carboxylic acids is 1. The van der Waals surface area contributed by atoms with Crippen molar-refractivity contribution < 1.29 is 23.4 Å². The fraction of sp³-hybridized carbons (Fsp3) is 0.652. The summed E-state index contributed by atoms with van der Waals surface area (Å²) in [4.78, 5) is 17.5. The number of nitrogens with one attached hydrogen (secondary N) is 2. The molecule has 3 rings (SSSR count). The van der Waals surface area contributed by atoms with E-state index in [0.29, 0.717) is 44.0 Å². The van der Waals surface area contributed by atoms with Crippen LogP contribution in [0.25, 0.3) is 0 Å². The lowest BCUT2D eigenvalue weighted by atomic mass is 9.91. The number of fused-ring (bicyclic) bond motifs is 1. The van der Waals surface area contributed by atoms with E-state index in [1.807, 2.05) is 13.0 Å². The third-order valence-corrected chi connectivity index (χ3v) is 8.29. The molecule has 2 aliphatic heterocycles. The summed E-state index contributed by atoms with van der Waals surface area (Å²) in [5.74, 6) is -0.531. The van der Waals surface area contributed by atoms with Crippen molar-refractivity contribution in [1.82, 2.24) is 9.62 Å². The second-order valence-electron chi connectivity index (χ2n) is 9.79. The van der Waals surface area contributed by atoms with Gasteiger partial charge in [-0.3, -0.25) is 14.7 Å². The third kappa shape index (κ3) is 6.84. The summed E-state index contributed by atoms with van der Waals surface area (Å²) in [5.41, 5.74) is 12.3. The SMILES string of the molecule is CC1CNc2c(cccc2S(=O)(=O)NC(CCCN=C(N)N)C(O)N2CCC(C)CC2C(=O)O)C1. The lowest BCUT2D eigenvalue weighted by molar-refractivity contribution is -0.153. The predicted octanol–water partition coefficient (Wildman–Crippen LogP) is 0.495. The van der Waals surface area contributed by atoms with Crippen LogP contribution in [0.5, 0.6) is 0 Å². The number of aliphatic hydroxyl groups is 1. The number of nitrogens with zero attached hydrogens (tertiary/aromatic N) is 2. The van der Waals surface area contributed by atoms with Gasteiger partial charge in [-0.1, -0.05) is 26.0 Å². The van der Waals surface area contributed by atoms with Gasteiger partial charge < -0.3 is 27.0 Å². The Morgan fingerprint density at radius 1 is 1.31 bits per heavy atom. The molecular formula is C23H38N6O5S. The fourth-order valence-corrected chi connectivity index (χ4v) is 6.39. The third-order valence-electron chi connectivity index (χ3n) is 6.76. The molecule has 8 N–H and O–H groups in total. The van der Waals surface area contributed by atoms with Crippen molar-refractivity contribution in [2.24, 2.45) is 28.3 Å². The van der Waals surface area contributed by atoms with E-state index in [-0.39, 0.29) is 29.7 Å². The number of sulfonamides is 1. The monoisotopic (exact) mass is 510 g/mol. The number of benzene rings is 1. The van der Waals surface area contributed by atoms with Crippen molar-refractivity contribution in [3.05, 3.63) is 23.8 Å². The molecule has 11 nitrogen and oxygen atoms in total. The van der Waals surface area contributed by atoms with Crippen LogP contribution in [0.3, 0.4) is 0 Å². The molecule has 0 aromatic heterocycles. The van der Waals surface area contributed by atoms with Crippen LogP contribution in [-0.2, 0) is 21.2 Å². The smallest absolute Gasteiger partial charge is 0.321 e. The highest BCUT2D eigenvalue weighted by Gasteiger charge is 2.39. The maximum atomic E-state index is 13.5. The number of hydrogen-bond acceptors (Lipinski definition) is 7. The summed E-state index contributed by atoms with van der Waals surface area (Å²) >= 11 is 0. The number of hydrogen-bond donors (Lipinski definition) is 6. The summed E-state index contributed by atoms with van der Waals surface area (Å²) in [6, 6.07) is 3.30. The Balaban J connectivity index is 1.87. The molecule has 1 aromatic carbocycles. The molecule has 2 aliphatic rings. The van der Waals surface area contributed by atoms with Crippen molar-refractivity contribution in [1.29, 1.82) is 0 Å². The van der Waals surface area contributed by atoms with Crippen LogP contribution in [0.1, 0.15) is 45.1 Å². The van der Waals surface area contributed by atoms with Gasteiger partial charge in [-0.2, -0.15) is 0 Å². The first-order valence-electron chi connectivity index (χ1n) is 12.1. The number of guanidine groups is 1. The van der Waals surface area contributed by atoms with Gasteiger partial charge in [-0.25, -0.2) is 13.1 Å². The van der Waals surface area contributed by atoms with Gasteiger partial charge in [0.15, 0.2) is 5.96 Å². The molecule has 0 amide bonds. The van der Waals surface area contributed by atoms with E-state index in [9.17, 15) is 23.4 Å². The van der Waals surface area contributed by atoms with Crippen LogP contribution in [-0.4, -0.2) is 73.4 Å². The second-order valence-corrected chi connectivity index (χ2v) is 11.5. The van der Waals surface area contributed by atoms with E-state index in [1.54, 1.807) is 6.07 Å². The van der Waals surface area contributed by atoms with E-state index in [2.05, 4.69) is 22.0 Å². The number of nitrogens with two attached hydrogens (primary N) is 2. The largest absolute Gasteiger partial charge is 0.480 e. The molecule has 0 aliphatic carbocycles. The Morgan fingerprint density at radius 3 is 2.74 bits per heavy atom. The normalized spacial score (nSPS) is 24.6. The molecule has 5 unspecified atom stereocenters. The van der Waals surface area contributed by atoms with Gasteiger partial charge in [-0.15, -0.1) is 0 Å². The summed E-state index contributed by atoms with van der Waals surface area (Å²) in [7, 11) is -4.04.